The van der Waals surface area contributed by atoms with E-state index in [0.29, 0.717) is 35.4 Å². The summed E-state index contributed by atoms with van der Waals surface area (Å²) in [5.74, 6) is 2.79. The lowest BCUT2D eigenvalue weighted by molar-refractivity contribution is 0.0976. The summed E-state index contributed by atoms with van der Waals surface area (Å²) in [5, 5.41) is 0. The number of methoxy groups -OCH3 is 3. The van der Waals surface area contributed by atoms with Gasteiger partial charge in [-0.2, -0.15) is 0 Å². The van der Waals surface area contributed by atoms with E-state index in [1.165, 1.54) is 12.8 Å². The fourth-order valence-corrected chi connectivity index (χ4v) is 3.65. The van der Waals surface area contributed by atoms with Gasteiger partial charge in [0.2, 0.25) is 5.75 Å². The van der Waals surface area contributed by atoms with Crippen molar-refractivity contribution in [3.8, 4) is 39.5 Å². The number of pyridine rings is 1. The molecule has 1 aromatic heterocycles. The number of benzene rings is 2. The first kappa shape index (κ1) is 20.7. The van der Waals surface area contributed by atoms with Crippen LogP contribution in [0.2, 0.25) is 0 Å². The molecule has 1 aliphatic rings. The highest BCUT2D eigenvalue weighted by Crippen LogP contribution is 2.42. The van der Waals surface area contributed by atoms with Crippen LogP contribution in [0.5, 0.6) is 17.2 Å². The van der Waals surface area contributed by atoms with Gasteiger partial charge in [0.15, 0.2) is 17.3 Å². The van der Waals surface area contributed by atoms with Crippen LogP contribution >= 0.6 is 0 Å². The number of nitrogen functional groups attached to an aromatic ring is 1. The maximum absolute atomic E-state index is 12.3. The number of carbonyl (C=O) groups excluding carboxylic acids is 1. The second kappa shape index (κ2) is 8.68. The highest BCUT2D eigenvalue weighted by atomic mass is 16.5. The molecule has 6 heteroatoms. The number of ether oxygens (including phenoxy) is 3. The molecule has 4 rings (SSSR count). The lowest BCUT2D eigenvalue weighted by Gasteiger charge is -2.15. The summed E-state index contributed by atoms with van der Waals surface area (Å²) in [6.45, 7) is 0. The van der Waals surface area contributed by atoms with Crippen LogP contribution in [0.25, 0.3) is 22.3 Å². The zero-order valence-electron chi connectivity index (χ0n) is 18.0. The third kappa shape index (κ3) is 4.33. The van der Waals surface area contributed by atoms with Gasteiger partial charge in [-0.3, -0.25) is 4.79 Å². The fraction of sp³-hybridized carbons (Fsp3) is 0.280. The fourth-order valence-electron chi connectivity index (χ4n) is 3.65. The average Bonchev–Trinajstić information content (AvgIpc) is 3.62. The quantitative estimate of drug-likeness (QED) is 0.518. The highest BCUT2D eigenvalue weighted by molar-refractivity contribution is 5.96. The zero-order valence-corrected chi connectivity index (χ0v) is 18.0. The SMILES string of the molecule is COc1cc(-c2cc(-c3ccc(C(=O)CC4CC4)cc3)cnc2N)cc(OC)c1OC. The molecule has 0 radical (unpaired) electrons. The number of aromatic nitrogens is 1. The molecule has 0 unspecified atom stereocenters. The van der Waals surface area contributed by atoms with Crippen molar-refractivity contribution in [2.24, 2.45) is 5.92 Å². The van der Waals surface area contributed by atoms with Gasteiger partial charge in [0.05, 0.1) is 21.3 Å². The van der Waals surface area contributed by atoms with Gasteiger partial charge in [-0.15, -0.1) is 0 Å². The van der Waals surface area contributed by atoms with E-state index >= 15 is 0 Å². The minimum Gasteiger partial charge on any atom is -0.493 e. The molecular weight excluding hydrogens is 392 g/mol. The van der Waals surface area contributed by atoms with Gasteiger partial charge in [-0.05, 0) is 48.1 Å². The molecule has 3 aromatic rings. The smallest absolute Gasteiger partial charge is 0.203 e. The molecule has 0 saturated heterocycles. The molecule has 1 saturated carbocycles. The predicted octanol–water partition coefficient (Wildman–Crippen LogP) is 5.01. The van der Waals surface area contributed by atoms with Crippen molar-refractivity contribution in [2.45, 2.75) is 19.3 Å². The number of carbonyl (C=O) groups is 1. The van der Waals surface area contributed by atoms with Crippen molar-refractivity contribution in [1.82, 2.24) is 4.98 Å². The summed E-state index contributed by atoms with van der Waals surface area (Å²) in [6.07, 6.45) is 4.72. The number of ketones is 1. The molecule has 0 amide bonds. The van der Waals surface area contributed by atoms with E-state index in [4.69, 9.17) is 19.9 Å². The number of nitrogens with zero attached hydrogens (tertiary/aromatic N) is 1. The third-order valence-electron chi connectivity index (χ3n) is 5.61. The predicted molar refractivity (Wildman–Crippen MR) is 121 cm³/mol. The van der Waals surface area contributed by atoms with E-state index in [-0.39, 0.29) is 5.78 Å². The Morgan fingerprint density at radius 2 is 1.58 bits per heavy atom. The lowest BCUT2D eigenvalue weighted by atomic mass is 9.98. The Morgan fingerprint density at radius 3 is 2.13 bits per heavy atom. The van der Waals surface area contributed by atoms with Gasteiger partial charge >= 0.3 is 0 Å². The molecule has 0 aliphatic heterocycles. The van der Waals surface area contributed by atoms with E-state index in [1.54, 1.807) is 27.5 Å². The summed E-state index contributed by atoms with van der Waals surface area (Å²) in [6, 6.07) is 13.3. The van der Waals surface area contributed by atoms with Gasteiger partial charge in [-0.25, -0.2) is 4.98 Å². The molecule has 1 heterocycles. The van der Waals surface area contributed by atoms with Crippen molar-refractivity contribution < 1.29 is 19.0 Å². The van der Waals surface area contributed by atoms with Gasteiger partial charge in [0, 0.05) is 29.3 Å². The van der Waals surface area contributed by atoms with Crippen LogP contribution in [0.15, 0.2) is 48.7 Å². The van der Waals surface area contributed by atoms with Crippen molar-refractivity contribution in [3.63, 3.8) is 0 Å². The van der Waals surface area contributed by atoms with Crippen LogP contribution in [0, 0.1) is 5.92 Å². The van der Waals surface area contributed by atoms with Crippen molar-refractivity contribution >= 4 is 11.6 Å². The topological polar surface area (TPSA) is 83.7 Å². The van der Waals surface area contributed by atoms with Crippen LogP contribution in [0.1, 0.15) is 29.6 Å². The average molecular weight is 418 g/mol. The minimum absolute atomic E-state index is 0.211. The minimum atomic E-state index is 0.211. The lowest BCUT2D eigenvalue weighted by Crippen LogP contribution is -2.00. The summed E-state index contributed by atoms with van der Waals surface area (Å²) in [7, 11) is 4.71. The van der Waals surface area contributed by atoms with Crippen LogP contribution in [0.3, 0.4) is 0 Å². The first-order chi connectivity index (χ1) is 15.0. The summed E-state index contributed by atoms with van der Waals surface area (Å²) in [4.78, 5) is 16.7. The molecular formula is C25H26N2O4. The van der Waals surface area contributed by atoms with Crippen molar-refractivity contribution in [3.05, 3.63) is 54.2 Å². The Kier molecular flexibility index (Phi) is 5.80. The number of hydrogen-bond donors (Lipinski definition) is 1. The van der Waals surface area contributed by atoms with Crippen LogP contribution in [-0.2, 0) is 0 Å². The van der Waals surface area contributed by atoms with E-state index in [2.05, 4.69) is 4.98 Å². The Bertz CT molecular complexity index is 1080. The first-order valence-electron chi connectivity index (χ1n) is 10.2. The molecule has 0 atom stereocenters. The number of anilines is 1. The molecule has 1 aliphatic carbocycles. The van der Waals surface area contributed by atoms with Crippen molar-refractivity contribution in [1.29, 1.82) is 0 Å². The molecule has 0 spiro atoms. The Balaban J connectivity index is 1.68. The van der Waals surface area contributed by atoms with Gasteiger partial charge in [0.1, 0.15) is 5.82 Å². The van der Waals surface area contributed by atoms with Gasteiger partial charge < -0.3 is 19.9 Å². The Hall–Kier alpha value is -3.54. The molecule has 31 heavy (non-hydrogen) atoms. The third-order valence-corrected chi connectivity index (χ3v) is 5.61. The highest BCUT2D eigenvalue weighted by Gasteiger charge is 2.24. The molecule has 1 fully saturated rings. The Morgan fingerprint density at radius 1 is 0.935 bits per heavy atom. The maximum atomic E-state index is 12.3. The molecule has 2 aromatic carbocycles. The van der Waals surface area contributed by atoms with Crippen molar-refractivity contribution in [2.75, 3.05) is 27.1 Å². The number of Topliss-reactive ketones (excluding diaryl/α,β-unsaturated/α-hetero) is 1. The van der Waals surface area contributed by atoms with E-state index in [1.807, 2.05) is 42.5 Å². The van der Waals surface area contributed by atoms with Crippen LogP contribution in [0.4, 0.5) is 5.82 Å². The van der Waals surface area contributed by atoms with Crippen LogP contribution < -0.4 is 19.9 Å². The van der Waals surface area contributed by atoms with Crippen LogP contribution in [-0.4, -0.2) is 32.1 Å². The largest absolute Gasteiger partial charge is 0.493 e. The van der Waals surface area contributed by atoms with E-state index in [9.17, 15) is 4.79 Å². The summed E-state index contributed by atoms with van der Waals surface area (Å²) >= 11 is 0. The first-order valence-corrected chi connectivity index (χ1v) is 10.2. The maximum Gasteiger partial charge on any atom is 0.203 e. The summed E-state index contributed by atoms with van der Waals surface area (Å²) < 4.78 is 16.3. The second-order valence-electron chi connectivity index (χ2n) is 7.72. The number of rotatable bonds is 8. The molecule has 2 N–H and O–H groups in total. The van der Waals surface area contributed by atoms with Gasteiger partial charge in [-0.1, -0.05) is 24.3 Å². The normalized spacial score (nSPS) is 13.0. The zero-order chi connectivity index (χ0) is 22.0. The molecule has 160 valence electrons. The Labute approximate surface area is 182 Å². The second-order valence-corrected chi connectivity index (χ2v) is 7.72. The monoisotopic (exact) mass is 418 g/mol. The number of nitrogens with two attached hydrogens (primary N) is 1. The summed E-state index contributed by atoms with van der Waals surface area (Å²) in [5.41, 5.74) is 10.4. The number of hydrogen-bond acceptors (Lipinski definition) is 6. The van der Waals surface area contributed by atoms with E-state index in [0.717, 1.165) is 27.8 Å². The standard InChI is InChI=1S/C25H26N2O4/c1-29-22-12-18(13-23(30-2)24(22)31-3)20-11-19(14-27-25(20)26)16-6-8-17(9-7-16)21(28)10-15-4-5-15/h6-9,11-15H,4-5,10H2,1-3H3,(H2,26,27). The van der Waals surface area contributed by atoms with E-state index < -0.39 is 0 Å². The molecule has 0 bridgehead atoms. The van der Waals surface area contributed by atoms with Gasteiger partial charge in [0.25, 0.3) is 0 Å². The molecule has 6 nitrogen and oxygen atoms in total.